The van der Waals surface area contributed by atoms with Gasteiger partial charge in [-0.1, -0.05) is 30.3 Å². The molecule has 3 rings (SSSR count). The van der Waals surface area contributed by atoms with E-state index < -0.39 is 0 Å². The van der Waals surface area contributed by atoms with E-state index in [-0.39, 0.29) is 5.97 Å². The van der Waals surface area contributed by atoms with Crippen molar-refractivity contribution in [3.63, 3.8) is 0 Å². The molecule has 0 atom stereocenters. The second kappa shape index (κ2) is 5.13. The normalized spacial score (nSPS) is 10.4. The zero-order chi connectivity index (χ0) is 13.9. The summed E-state index contributed by atoms with van der Waals surface area (Å²) in [5.74, 6) is 0.184. The number of nitrogens with zero attached hydrogens (tertiary/aromatic N) is 1. The van der Waals surface area contributed by atoms with E-state index in [1.54, 1.807) is 18.2 Å². The van der Waals surface area contributed by atoms with E-state index >= 15 is 0 Å². The summed E-state index contributed by atoms with van der Waals surface area (Å²) in [7, 11) is 0. The Balaban J connectivity index is 2.01. The SMILES string of the molecule is Cc1cc(OC(=O)c2ccccc2)c2ccccc2n1. The van der Waals surface area contributed by atoms with E-state index in [4.69, 9.17) is 4.74 Å². The van der Waals surface area contributed by atoms with E-state index in [0.717, 1.165) is 16.6 Å². The second-order valence-corrected chi connectivity index (χ2v) is 4.53. The Morgan fingerprint density at radius 3 is 2.50 bits per heavy atom. The Kier molecular flexibility index (Phi) is 3.17. The smallest absolute Gasteiger partial charge is 0.343 e. The molecule has 0 aliphatic rings. The summed E-state index contributed by atoms with van der Waals surface area (Å²) in [6, 6.07) is 18.4. The molecule has 98 valence electrons. The number of aromatic nitrogens is 1. The van der Waals surface area contributed by atoms with Crippen molar-refractivity contribution in [1.82, 2.24) is 4.98 Å². The maximum absolute atomic E-state index is 12.1. The average Bonchev–Trinajstić information content (AvgIpc) is 2.48. The van der Waals surface area contributed by atoms with Crippen LogP contribution in [0.25, 0.3) is 10.9 Å². The van der Waals surface area contributed by atoms with Crippen LogP contribution in [0.1, 0.15) is 16.1 Å². The number of hydrogen-bond donors (Lipinski definition) is 0. The highest BCUT2D eigenvalue weighted by atomic mass is 16.5. The number of ether oxygens (including phenoxy) is 1. The molecule has 3 heteroatoms. The largest absolute Gasteiger partial charge is 0.422 e. The van der Waals surface area contributed by atoms with E-state index in [1.807, 2.05) is 49.4 Å². The molecule has 0 unspecified atom stereocenters. The molecule has 0 spiro atoms. The molecule has 0 radical (unpaired) electrons. The van der Waals surface area contributed by atoms with Gasteiger partial charge in [-0.15, -0.1) is 0 Å². The van der Waals surface area contributed by atoms with Gasteiger partial charge in [0.15, 0.2) is 0 Å². The van der Waals surface area contributed by atoms with Crippen LogP contribution in [0.15, 0.2) is 60.7 Å². The number of rotatable bonds is 2. The third-order valence-corrected chi connectivity index (χ3v) is 3.02. The topological polar surface area (TPSA) is 39.2 Å². The molecule has 3 aromatic rings. The monoisotopic (exact) mass is 263 g/mol. The number of carbonyl (C=O) groups excluding carboxylic acids is 1. The molecular weight excluding hydrogens is 250 g/mol. The number of esters is 1. The highest BCUT2D eigenvalue weighted by Gasteiger charge is 2.11. The molecule has 1 aromatic heterocycles. The predicted molar refractivity (Wildman–Crippen MR) is 77.9 cm³/mol. The van der Waals surface area contributed by atoms with Crippen molar-refractivity contribution >= 4 is 16.9 Å². The van der Waals surface area contributed by atoms with Crippen molar-refractivity contribution in [3.8, 4) is 5.75 Å². The average molecular weight is 263 g/mol. The fourth-order valence-electron chi connectivity index (χ4n) is 2.09. The van der Waals surface area contributed by atoms with Gasteiger partial charge in [0.2, 0.25) is 0 Å². The molecule has 1 heterocycles. The number of hydrogen-bond acceptors (Lipinski definition) is 3. The van der Waals surface area contributed by atoms with Crippen molar-refractivity contribution in [2.75, 3.05) is 0 Å². The van der Waals surface area contributed by atoms with Gasteiger partial charge in [-0.25, -0.2) is 4.79 Å². The minimum Gasteiger partial charge on any atom is -0.422 e. The lowest BCUT2D eigenvalue weighted by atomic mass is 10.2. The molecule has 0 bridgehead atoms. The molecule has 0 saturated heterocycles. The lowest BCUT2D eigenvalue weighted by Gasteiger charge is -2.08. The molecule has 0 fully saturated rings. The first-order chi connectivity index (χ1) is 9.74. The summed E-state index contributed by atoms with van der Waals surface area (Å²) >= 11 is 0. The van der Waals surface area contributed by atoms with Gasteiger partial charge < -0.3 is 4.74 Å². The van der Waals surface area contributed by atoms with Gasteiger partial charge in [0, 0.05) is 17.1 Å². The van der Waals surface area contributed by atoms with Crippen molar-refractivity contribution in [3.05, 3.63) is 71.9 Å². The maximum atomic E-state index is 12.1. The van der Waals surface area contributed by atoms with Gasteiger partial charge in [-0.2, -0.15) is 0 Å². The molecular formula is C17H13NO2. The van der Waals surface area contributed by atoms with Crippen LogP contribution >= 0.6 is 0 Å². The summed E-state index contributed by atoms with van der Waals surface area (Å²) in [6.07, 6.45) is 0. The van der Waals surface area contributed by atoms with Crippen molar-refractivity contribution in [2.24, 2.45) is 0 Å². The predicted octanol–water partition coefficient (Wildman–Crippen LogP) is 3.76. The highest BCUT2D eigenvalue weighted by Crippen LogP contribution is 2.25. The summed E-state index contributed by atoms with van der Waals surface area (Å²) in [5, 5.41) is 0.836. The Morgan fingerprint density at radius 2 is 1.70 bits per heavy atom. The van der Waals surface area contributed by atoms with E-state index in [2.05, 4.69) is 4.98 Å². The fraction of sp³-hybridized carbons (Fsp3) is 0.0588. The van der Waals surface area contributed by atoms with E-state index in [9.17, 15) is 4.79 Å². The van der Waals surface area contributed by atoms with Gasteiger partial charge in [-0.05, 0) is 31.2 Å². The van der Waals surface area contributed by atoms with Crippen LogP contribution in [0.3, 0.4) is 0 Å². The molecule has 3 nitrogen and oxygen atoms in total. The summed E-state index contributed by atoms with van der Waals surface area (Å²) < 4.78 is 5.52. The second-order valence-electron chi connectivity index (χ2n) is 4.53. The number of benzene rings is 2. The number of aryl methyl sites for hydroxylation is 1. The van der Waals surface area contributed by atoms with Gasteiger partial charge >= 0.3 is 5.97 Å². The van der Waals surface area contributed by atoms with Crippen LogP contribution < -0.4 is 4.74 Å². The number of pyridine rings is 1. The quantitative estimate of drug-likeness (QED) is 0.661. The van der Waals surface area contributed by atoms with Gasteiger partial charge in [0.25, 0.3) is 0 Å². The third kappa shape index (κ3) is 2.38. The Bertz CT molecular complexity index is 766. The van der Waals surface area contributed by atoms with Crippen LogP contribution in [0, 0.1) is 6.92 Å². The molecule has 20 heavy (non-hydrogen) atoms. The third-order valence-electron chi connectivity index (χ3n) is 3.02. The Hall–Kier alpha value is -2.68. The summed E-state index contributed by atoms with van der Waals surface area (Å²) in [6.45, 7) is 1.88. The van der Waals surface area contributed by atoms with Crippen LogP contribution in [0.5, 0.6) is 5.75 Å². The van der Waals surface area contributed by atoms with Crippen LogP contribution in [-0.4, -0.2) is 11.0 Å². The van der Waals surface area contributed by atoms with E-state index in [1.165, 1.54) is 0 Å². The molecule has 0 N–H and O–H groups in total. The molecule has 0 aliphatic carbocycles. The van der Waals surface area contributed by atoms with Crippen LogP contribution in [0.2, 0.25) is 0 Å². The number of carbonyl (C=O) groups is 1. The first kappa shape index (κ1) is 12.4. The minimum absolute atomic E-state index is 0.360. The van der Waals surface area contributed by atoms with Crippen molar-refractivity contribution in [1.29, 1.82) is 0 Å². The standard InChI is InChI=1S/C17H13NO2/c1-12-11-16(14-9-5-6-10-15(14)18-12)20-17(19)13-7-3-2-4-8-13/h2-11H,1H3. The Labute approximate surface area is 116 Å². The van der Waals surface area contributed by atoms with Crippen LogP contribution in [-0.2, 0) is 0 Å². The van der Waals surface area contributed by atoms with Gasteiger partial charge in [-0.3, -0.25) is 4.98 Å². The first-order valence-electron chi connectivity index (χ1n) is 6.37. The summed E-state index contributed by atoms with van der Waals surface area (Å²) in [5.41, 5.74) is 2.17. The van der Waals surface area contributed by atoms with Gasteiger partial charge in [0.05, 0.1) is 11.1 Å². The minimum atomic E-state index is -0.360. The number of fused-ring (bicyclic) bond motifs is 1. The van der Waals surface area contributed by atoms with Crippen molar-refractivity contribution in [2.45, 2.75) is 6.92 Å². The first-order valence-corrected chi connectivity index (χ1v) is 6.37. The zero-order valence-corrected chi connectivity index (χ0v) is 11.0. The lowest BCUT2D eigenvalue weighted by molar-refractivity contribution is 0.0737. The van der Waals surface area contributed by atoms with Crippen molar-refractivity contribution < 1.29 is 9.53 Å². The van der Waals surface area contributed by atoms with Gasteiger partial charge in [0.1, 0.15) is 5.75 Å². The lowest BCUT2D eigenvalue weighted by Crippen LogP contribution is -2.08. The fourth-order valence-corrected chi connectivity index (χ4v) is 2.09. The maximum Gasteiger partial charge on any atom is 0.343 e. The molecule has 0 amide bonds. The van der Waals surface area contributed by atoms with Crippen LogP contribution in [0.4, 0.5) is 0 Å². The molecule has 0 aliphatic heterocycles. The molecule has 2 aromatic carbocycles. The summed E-state index contributed by atoms with van der Waals surface area (Å²) in [4.78, 5) is 16.6. The highest BCUT2D eigenvalue weighted by molar-refractivity contribution is 5.94. The zero-order valence-electron chi connectivity index (χ0n) is 11.0. The Morgan fingerprint density at radius 1 is 1.00 bits per heavy atom. The number of para-hydroxylation sites is 1. The van der Waals surface area contributed by atoms with E-state index in [0.29, 0.717) is 11.3 Å². The molecule has 0 saturated carbocycles.